The number of amides is 2. The number of rotatable bonds is 6. The van der Waals surface area contributed by atoms with E-state index in [0.29, 0.717) is 26.1 Å². The monoisotopic (exact) mass is 518 g/mol. The van der Waals surface area contributed by atoms with Crippen LogP contribution in [0.3, 0.4) is 0 Å². The maximum absolute atomic E-state index is 11.8. The number of aromatic nitrogens is 1. The number of carbonyl (C=O) groups is 3. The number of nitrogens with zero attached hydrogens (tertiary/aromatic N) is 2. The van der Waals surface area contributed by atoms with Crippen LogP contribution in [0.1, 0.15) is 12.0 Å². The summed E-state index contributed by atoms with van der Waals surface area (Å²) in [6, 6.07) is 17.7. The van der Waals surface area contributed by atoms with Crippen molar-refractivity contribution in [3.63, 3.8) is 0 Å². The molecule has 1 aliphatic rings. The number of halogens is 3. The summed E-state index contributed by atoms with van der Waals surface area (Å²) in [5, 5.41) is 8.10. The van der Waals surface area contributed by atoms with Crippen LogP contribution in [0.4, 0.5) is 18.9 Å². The van der Waals surface area contributed by atoms with Crippen molar-refractivity contribution in [2.75, 3.05) is 18.0 Å². The van der Waals surface area contributed by atoms with E-state index < -0.39 is 35.8 Å². The highest BCUT2D eigenvalue weighted by atomic mass is 19.4. The second-order valence-electron chi connectivity index (χ2n) is 8.34. The molecule has 12 heteroatoms. The lowest BCUT2D eigenvalue weighted by molar-refractivity contribution is -0.192. The number of aliphatic carboxylic acids is 1. The molecule has 2 atom stereocenters. The predicted molar refractivity (Wildman–Crippen MR) is 128 cm³/mol. The fourth-order valence-corrected chi connectivity index (χ4v) is 3.97. The Hall–Kier alpha value is -4.35. The van der Waals surface area contributed by atoms with Crippen LogP contribution in [0, 0.1) is 11.8 Å². The molecule has 2 heterocycles. The maximum Gasteiger partial charge on any atom is 0.490 e. The first-order valence-electron chi connectivity index (χ1n) is 11.2. The summed E-state index contributed by atoms with van der Waals surface area (Å²) >= 11 is 0. The van der Waals surface area contributed by atoms with E-state index in [1.807, 2.05) is 54.6 Å². The van der Waals surface area contributed by atoms with Crippen LogP contribution >= 0.6 is 0 Å². The largest absolute Gasteiger partial charge is 0.490 e. The van der Waals surface area contributed by atoms with Gasteiger partial charge in [0.1, 0.15) is 12.4 Å². The van der Waals surface area contributed by atoms with Crippen molar-refractivity contribution >= 4 is 34.4 Å². The average molecular weight is 518 g/mol. The Morgan fingerprint density at radius 1 is 1.00 bits per heavy atom. The van der Waals surface area contributed by atoms with Crippen LogP contribution < -0.4 is 21.1 Å². The zero-order valence-corrected chi connectivity index (χ0v) is 19.5. The van der Waals surface area contributed by atoms with Gasteiger partial charge in [0.05, 0.1) is 17.4 Å². The highest BCUT2D eigenvalue weighted by molar-refractivity contribution is 5.87. The van der Waals surface area contributed by atoms with Crippen LogP contribution in [0.2, 0.25) is 0 Å². The van der Waals surface area contributed by atoms with Gasteiger partial charge in [0.15, 0.2) is 0 Å². The zero-order valence-electron chi connectivity index (χ0n) is 19.5. The molecule has 2 amide bonds. The molecule has 0 aliphatic carbocycles. The van der Waals surface area contributed by atoms with Gasteiger partial charge in [-0.2, -0.15) is 13.2 Å². The minimum atomic E-state index is -5.08. The van der Waals surface area contributed by atoms with Gasteiger partial charge in [0.25, 0.3) is 0 Å². The number of anilines is 1. The molecule has 1 aromatic heterocycles. The minimum Gasteiger partial charge on any atom is -0.488 e. The second kappa shape index (κ2) is 11.6. The van der Waals surface area contributed by atoms with Crippen molar-refractivity contribution in [3.8, 4) is 5.75 Å². The van der Waals surface area contributed by atoms with E-state index in [1.54, 1.807) is 6.20 Å². The lowest BCUT2D eigenvalue weighted by Gasteiger charge is -2.37. The lowest BCUT2D eigenvalue weighted by Crippen LogP contribution is -2.50. The van der Waals surface area contributed by atoms with Crippen molar-refractivity contribution in [3.05, 3.63) is 66.4 Å². The minimum absolute atomic E-state index is 0.391. The Bertz CT molecular complexity index is 1260. The molecule has 2 aromatic carbocycles. The van der Waals surface area contributed by atoms with Gasteiger partial charge in [-0.05, 0) is 42.3 Å². The Kier molecular flexibility index (Phi) is 8.53. The van der Waals surface area contributed by atoms with Crippen molar-refractivity contribution < 1.29 is 37.4 Å². The molecule has 0 saturated carbocycles. The van der Waals surface area contributed by atoms with Gasteiger partial charge in [0.2, 0.25) is 11.8 Å². The quantitative estimate of drug-likeness (QED) is 0.454. The molecule has 196 valence electrons. The summed E-state index contributed by atoms with van der Waals surface area (Å²) < 4.78 is 37.7. The van der Waals surface area contributed by atoms with Crippen LogP contribution in [0.25, 0.3) is 10.9 Å². The van der Waals surface area contributed by atoms with E-state index >= 15 is 0 Å². The number of primary amides is 2. The molecule has 1 saturated heterocycles. The topological polar surface area (TPSA) is 149 Å². The number of fused-ring (bicyclic) bond motifs is 1. The number of nitrogens with two attached hydrogens (primary N) is 2. The van der Waals surface area contributed by atoms with Crippen LogP contribution in [0.15, 0.2) is 60.8 Å². The number of para-hydroxylation sites is 1. The summed E-state index contributed by atoms with van der Waals surface area (Å²) in [5.41, 5.74) is 13.8. The number of carboxylic acid groups (broad SMARTS) is 1. The maximum atomic E-state index is 11.8. The van der Waals surface area contributed by atoms with Crippen molar-refractivity contribution in [1.29, 1.82) is 0 Å². The normalized spacial score (nSPS) is 17.4. The van der Waals surface area contributed by atoms with Gasteiger partial charge in [-0.1, -0.05) is 24.3 Å². The molecule has 4 rings (SSSR count). The third kappa shape index (κ3) is 7.09. The summed E-state index contributed by atoms with van der Waals surface area (Å²) in [4.78, 5) is 38.7. The van der Waals surface area contributed by atoms with E-state index in [2.05, 4.69) is 9.88 Å². The molecule has 3 aromatic rings. The Balaban J connectivity index is 0.000000479. The van der Waals surface area contributed by atoms with Crippen molar-refractivity contribution in [1.82, 2.24) is 4.98 Å². The molecule has 0 radical (unpaired) electrons. The zero-order chi connectivity index (χ0) is 27.2. The number of carboxylic acids is 1. The number of benzene rings is 2. The molecule has 9 nitrogen and oxygen atoms in total. The number of pyridine rings is 1. The van der Waals surface area contributed by atoms with Gasteiger partial charge in [-0.25, -0.2) is 4.79 Å². The Labute approximate surface area is 209 Å². The first-order chi connectivity index (χ1) is 17.5. The number of piperidine rings is 1. The van der Waals surface area contributed by atoms with Gasteiger partial charge in [-0.15, -0.1) is 0 Å². The standard InChI is InChI=1S/C23H24N4O3.C2HF3O2/c24-22(28)17-10-12-27(13-19(17)23(25)29)16-7-5-15(6-8-16)14-30-21-9-11-26-20-4-2-1-3-18(20)21;3-2(4,5)1(6)7/h1-9,11,17,19H,10,12-14H2,(H2,24,28)(H2,25,29);(H,6,7). The average Bonchev–Trinajstić information content (AvgIpc) is 2.87. The predicted octanol–water partition coefficient (Wildman–Crippen LogP) is 2.86. The number of alkyl halides is 3. The molecule has 5 N–H and O–H groups in total. The van der Waals surface area contributed by atoms with Gasteiger partial charge < -0.3 is 26.2 Å². The van der Waals surface area contributed by atoms with E-state index in [9.17, 15) is 22.8 Å². The number of carbonyl (C=O) groups excluding carboxylic acids is 2. The molecular formula is C25H25F3N4O5. The summed E-state index contributed by atoms with van der Waals surface area (Å²) in [6.07, 6.45) is -2.82. The fourth-order valence-electron chi connectivity index (χ4n) is 3.97. The van der Waals surface area contributed by atoms with Crippen LogP contribution in [-0.2, 0) is 21.0 Å². The second-order valence-corrected chi connectivity index (χ2v) is 8.34. The summed E-state index contributed by atoms with van der Waals surface area (Å²) in [7, 11) is 0. The molecule has 2 unspecified atom stereocenters. The smallest absolute Gasteiger partial charge is 0.488 e. The molecule has 1 fully saturated rings. The molecule has 0 spiro atoms. The number of hydrogen-bond donors (Lipinski definition) is 3. The molecule has 37 heavy (non-hydrogen) atoms. The van der Waals surface area contributed by atoms with Crippen molar-refractivity contribution in [2.24, 2.45) is 23.3 Å². The molecule has 0 bridgehead atoms. The van der Waals surface area contributed by atoms with E-state index in [0.717, 1.165) is 27.9 Å². The van der Waals surface area contributed by atoms with Crippen LogP contribution in [-0.4, -0.2) is 47.1 Å². The first kappa shape index (κ1) is 27.2. The van der Waals surface area contributed by atoms with E-state index in [1.165, 1.54) is 0 Å². The Morgan fingerprint density at radius 2 is 1.62 bits per heavy atom. The SMILES string of the molecule is NC(=O)C1CCN(c2ccc(COc3ccnc4ccccc34)cc2)CC1C(N)=O.O=C(O)C(F)(F)F. The van der Waals surface area contributed by atoms with E-state index in [4.69, 9.17) is 26.1 Å². The Morgan fingerprint density at radius 3 is 2.22 bits per heavy atom. The third-order valence-electron chi connectivity index (χ3n) is 5.89. The number of hydrogen-bond acceptors (Lipinski definition) is 6. The first-order valence-corrected chi connectivity index (χ1v) is 11.2. The molecular weight excluding hydrogens is 493 g/mol. The highest BCUT2D eigenvalue weighted by Gasteiger charge is 2.38. The summed E-state index contributed by atoms with van der Waals surface area (Å²) in [5.74, 6) is -3.98. The molecule has 1 aliphatic heterocycles. The lowest BCUT2D eigenvalue weighted by atomic mass is 9.84. The summed E-state index contributed by atoms with van der Waals surface area (Å²) in [6.45, 7) is 1.47. The van der Waals surface area contributed by atoms with Crippen molar-refractivity contribution in [2.45, 2.75) is 19.2 Å². The van der Waals surface area contributed by atoms with Crippen LogP contribution in [0.5, 0.6) is 5.75 Å². The highest BCUT2D eigenvalue weighted by Crippen LogP contribution is 2.28. The van der Waals surface area contributed by atoms with E-state index in [-0.39, 0.29) is 0 Å². The number of ether oxygens (including phenoxy) is 1. The third-order valence-corrected chi connectivity index (χ3v) is 5.89. The van der Waals surface area contributed by atoms with Gasteiger partial charge >= 0.3 is 12.1 Å². The fraction of sp³-hybridized carbons (Fsp3) is 0.280. The van der Waals surface area contributed by atoms with Gasteiger partial charge in [0, 0.05) is 30.4 Å². The van der Waals surface area contributed by atoms with Gasteiger partial charge in [-0.3, -0.25) is 14.6 Å².